The van der Waals surface area contributed by atoms with E-state index < -0.39 is 0 Å². The number of carbonyl (C=O) groups excluding carboxylic acids is 1. The van der Waals surface area contributed by atoms with E-state index in [9.17, 15) is 4.79 Å². The maximum Gasteiger partial charge on any atom is 0.289 e. The van der Waals surface area contributed by atoms with Gasteiger partial charge in [-0.1, -0.05) is 79.8 Å². The summed E-state index contributed by atoms with van der Waals surface area (Å²) in [6, 6.07) is 24.1. The maximum atomic E-state index is 13.7. The van der Waals surface area contributed by atoms with Crippen molar-refractivity contribution in [2.24, 2.45) is 0 Å². The molecule has 0 saturated heterocycles. The molecule has 0 aliphatic carbocycles. The number of benzene rings is 3. The predicted octanol–water partition coefficient (Wildman–Crippen LogP) is 6.88. The lowest BCUT2D eigenvalue weighted by Crippen LogP contribution is -2.30. The number of hydrogen-bond acceptors (Lipinski definition) is 5. The second-order valence-electron chi connectivity index (χ2n) is 7.71. The molecule has 0 aliphatic heterocycles. The largest absolute Gasteiger partial charge is 0.289 e. The zero-order valence-corrected chi connectivity index (χ0v) is 18.9. The fourth-order valence-corrected chi connectivity index (χ4v) is 5.52. The summed E-state index contributed by atoms with van der Waals surface area (Å²) in [5, 5.41) is 1.19. The van der Waals surface area contributed by atoms with E-state index in [0.29, 0.717) is 22.6 Å². The second-order valence-corrected chi connectivity index (χ2v) is 9.75. The van der Waals surface area contributed by atoms with Crippen molar-refractivity contribution in [3.63, 3.8) is 0 Å². The Kier molecular flexibility index (Phi) is 5.26. The zero-order valence-electron chi connectivity index (χ0n) is 17.3. The lowest BCUT2D eigenvalue weighted by Gasteiger charge is -2.18. The smallest absolute Gasteiger partial charge is 0.277 e. The summed E-state index contributed by atoms with van der Waals surface area (Å²) in [6.45, 7) is 4.79. The van der Waals surface area contributed by atoms with Gasteiger partial charge in [0.05, 0.1) is 27.0 Å². The van der Waals surface area contributed by atoms with E-state index in [1.807, 2.05) is 54.6 Å². The Morgan fingerprint density at radius 1 is 0.871 bits per heavy atom. The topological polar surface area (TPSA) is 46.1 Å². The fraction of sp³-hybridized carbons (Fsp3) is 0.160. The molecule has 0 atom stereocenters. The molecular weight excluding hydrogens is 422 g/mol. The molecule has 154 valence electrons. The summed E-state index contributed by atoms with van der Waals surface area (Å²) in [7, 11) is 0. The number of aromatic nitrogens is 2. The van der Waals surface area contributed by atoms with Crippen LogP contribution in [0.5, 0.6) is 0 Å². The highest BCUT2D eigenvalue weighted by atomic mass is 32.1. The van der Waals surface area contributed by atoms with E-state index in [0.717, 1.165) is 26.0 Å². The molecule has 0 bridgehead atoms. The first-order valence-electron chi connectivity index (χ1n) is 10.2. The molecule has 0 aliphatic rings. The zero-order chi connectivity index (χ0) is 21.4. The van der Waals surface area contributed by atoms with Gasteiger partial charge in [-0.05, 0) is 35.2 Å². The third-order valence-corrected chi connectivity index (χ3v) is 7.27. The van der Waals surface area contributed by atoms with Crippen LogP contribution in [-0.4, -0.2) is 15.9 Å². The standard InChI is InChI=1S/C25H21N3OS2/c1-16(2)18-11-8-14-21-22(18)27-25(31-21)28(15-17-9-4-3-5-10-17)24(29)23-26-19-12-6-7-13-20(19)30-23/h3-14,16H,15H2,1-2H3. The van der Waals surface area contributed by atoms with Crippen molar-refractivity contribution in [1.29, 1.82) is 0 Å². The summed E-state index contributed by atoms with van der Waals surface area (Å²) >= 11 is 2.99. The molecule has 31 heavy (non-hydrogen) atoms. The van der Waals surface area contributed by atoms with Gasteiger partial charge in [-0.3, -0.25) is 9.69 Å². The summed E-state index contributed by atoms with van der Waals surface area (Å²) in [6.07, 6.45) is 0. The van der Waals surface area contributed by atoms with Gasteiger partial charge in [0, 0.05) is 0 Å². The van der Waals surface area contributed by atoms with Crippen molar-refractivity contribution in [3.05, 3.63) is 88.9 Å². The van der Waals surface area contributed by atoms with Gasteiger partial charge in [0.25, 0.3) is 5.91 Å². The Morgan fingerprint density at radius 2 is 1.61 bits per heavy atom. The monoisotopic (exact) mass is 443 g/mol. The van der Waals surface area contributed by atoms with Gasteiger partial charge in [-0.2, -0.15) is 0 Å². The quantitative estimate of drug-likeness (QED) is 0.297. The molecule has 2 aromatic heterocycles. The number of anilines is 1. The van der Waals surface area contributed by atoms with E-state index in [1.54, 1.807) is 16.2 Å². The molecule has 5 aromatic rings. The average Bonchev–Trinajstić information content (AvgIpc) is 3.41. The number of fused-ring (bicyclic) bond motifs is 2. The van der Waals surface area contributed by atoms with Crippen LogP contribution in [0.15, 0.2) is 72.8 Å². The van der Waals surface area contributed by atoms with Gasteiger partial charge < -0.3 is 0 Å². The van der Waals surface area contributed by atoms with Gasteiger partial charge in [0.1, 0.15) is 0 Å². The Hall–Kier alpha value is -3.09. The van der Waals surface area contributed by atoms with Crippen molar-refractivity contribution in [2.45, 2.75) is 26.3 Å². The van der Waals surface area contributed by atoms with Crippen molar-refractivity contribution in [2.75, 3.05) is 4.90 Å². The number of carbonyl (C=O) groups is 1. The lowest BCUT2D eigenvalue weighted by atomic mass is 10.0. The first kappa shape index (κ1) is 19.8. The van der Waals surface area contributed by atoms with E-state index in [-0.39, 0.29) is 5.91 Å². The second kappa shape index (κ2) is 8.21. The number of para-hydroxylation sites is 2. The van der Waals surface area contributed by atoms with Gasteiger partial charge in [0.2, 0.25) is 0 Å². The van der Waals surface area contributed by atoms with Gasteiger partial charge in [-0.15, -0.1) is 11.3 Å². The fourth-order valence-electron chi connectivity index (χ4n) is 3.61. The van der Waals surface area contributed by atoms with Crippen LogP contribution < -0.4 is 4.90 Å². The third-order valence-electron chi connectivity index (χ3n) is 5.20. The van der Waals surface area contributed by atoms with Crippen LogP contribution in [-0.2, 0) is 6.54 Å². The number of amides is 1. The number of nitrogens with zero attached hydrogens (tertiary/aromatic N) is 3. The third kappa shape index (κ3) is 3.84. The van der Waals surface area contributed by atoms with Gasteiger partial charge in [-0.25, -0.2) is 9.97 Å². The highest BCUT2D eigenvalue weighted by Crippen LogP contribution is 2.35. The Labute approximate surface area is 188 Å². The minimum Gasteiger partial charge on any atom is -0.277 e. The first-order valence-corrected chi connectivity index (χ1v) is 11.8. The minimum atomic E-state index is -0.116. The molecule has 0 saturated carbocycles. The molecule has 1 amide bonds. The molecule has 2 heterocycles. The maximum absolute atomic E-state index is 13.7. The minimum absolute atomic E-state index is 0.116. The molecule has 0 fully saturated rings. The number of thiazole rings is 2. The Morgan fingerprint density at radius 3 is 2.39 bits per heavy atom. The van der Waals surface area contributed by atoms with Crippen molar-refractivity contribution in [1.82, 2.24) is 9.97 Å². The van der Waals surface area contributed by atoms with Crippen LogP contribution in [0.4, 0.5) is 5.13 Å². The number of hydrogen-bond donors (Lipinski definition) is 0. The molecule has 0 spiro atoms. The van der Waals surface area contributed by atoms with Crippen LogP contribution >= 0.6 is 22.7 Å². The average molecular weight is 444 g/mol. The summed E-state index contributed by atoms with van der Waals surface area (Å²) in [5.74, 6) is 0.247. The van der Waals surface area contributed by atoms with E-state index in [4.69, 9.17) is 4.98 Å². The Balaban J connectivity index is 1.61. The summed E-state index contributed by atoms with van der Waals surface area (Å²) < 4.78 is 2.10. The number of rotatable bonds is 5. The van der Waals surface area contributed by atoms with Gasteiger partial charge in [0.15, 0.2) is 10.1 Å². The molecular formula is C25H21N3OS2. The lowest BCUT2D eigenvalue weighted by molar-refractivity contribution is 0.0985. The van der Waals surface area contributed by atoms with Crippen LogP contribution in [0.1, 0.15) is 40.7 Å². The predicted molar refractivity (Wildman–Crippen MR) is 130 cm³/mol. The molecule has 6 heteroatoms. The first-order chi connectivity index (χ1) is 15.1. The van der Waals surface area contributed by atoms with Crippen LogP contribution in [0.2, 0.25) is 0 Å². The Bertz CT molecular complexity index is 1340. The van der Waals surface area contributed by atoms with Crippen LogP contribution in [0.3, 0.4) is 0 Å². The summed E-state index contributed by atoms with van der Waals surface area (Å²) in [4.78, 5) is 25.0. The van der Waals surface area contributed by atoms with Crippen LogP contribution in [0, 0.1) is 0 Å². The van der Waals surface area contributed by atoms with Crippen LogP contribution in [0.25, 0.3) is 20.4 Å². The highest BCUT2D eigenvalue weighted by molar-refractivity contribution is 7.23. The molecule has 0 N–H and O–H groups in total. The van der Waals surface area contributed by atoms with E-state index in [1.165, 1.54) is 16.9 Å². The molecule has 0 unspecified atom stereocenters. The van der Waals surface area contributed by atoms with Gasteiger partial charge >= 0.3 is 0 Å². The van der Waals surface area contributed by atoms with E-state index in [2.05, 4.69) is 37.0 Å². The van der Waals surface area contributed by atoms with Crippen molar-refractivity contribution >= 4 is 54.1 Å². The van der Waals surface area contributed by atoms with Crippen molar-refractivity contribution < 1.29 is 4.79 Å². The molecule has 3 aromatic carbocycles. The normalized spacial score (nSPS) is 11.5. The SMILES string of the molecule is CC(C)c1cccc2sc(N(Cc3ccccc3)C(=O)c3nc4ccccc4s3)nc12. The molecule has 5 rings (SSSR count). The van der Waals surface area contributed by atoms with E-state index >= 15 is 0 Å². The van der Waals surface area contributed by atoms with Crippen molar-refractivity contribution in [3.8, 4) is 0 Å². The molecule has 4 nitrogen and oxygen atoms in total. The molecule has 0 radical (unpaired) electrons. The summed E-state index contributed by atoms with van der Waals surface area (Å²) in [5.41, 5.74) is 4.09. The highest BCUT2D eigenvalue weighted by Gasteiger charge is 2.25.